The van der Waals surface area contributed by atoms with Crippen LogP contribution in [0.3, 0.4) is 0 Å². The van der Waals surface area contributed by atoms with Gasteiger partial charge < -0.3 is 15.0 Å². The molecular formula is C18H26N2O. The van der Waals surface area contributed by atoms with E-state index in [0.29, 0.717) is 0 Å². The van der Waals surface area contributed by atoms with Crippen molar-refractivity contribution < 1.29 is 4.74 Å². The van der Waals surface area contributed by atoms with Crippen molar-refractivity contribution in [3.8, 4) is 0 Å². The summed E-state index contributed by atoms with van der Waals surface area (Å²) in [4.78, 5) is 2.41. The van der Waals surface area contributed by atoms with E-state index >= 15 is 0 Å². The maximum absolute atomic E-state index is 5.41. The number of nitrogens with zero attached hydrogens (tertiary/aromatic N) is 1. The van der Waals surface area contributed by atoms with E-state index in [2.05, 4.69) is 34.5 Å². The zero-order valence-electron chi connectivity index (χ0n) is 12.8. The van der Waals surface area contributed by atoms with Gasteiger partial charge in [0.15, 0.2) is 0 Å². The number of nitrogens with one attached hydrogen (secondary N) is 1. The molecule has 0 aromatic heterocycles. The van der Waals surface area contributed by atoms with Gasteiger partial charge in [-0.05, 0) is 48.8 Å². The average Bonchev–Trinajstić information content (AvgIpc) is 3.17. The summed E-state index contributed by atoms with van der Waals surface area (Å²) in [6, 6.07) is 9.88. The van der Waals surface area contributed by atoms with Gasteiger partial charge in [0, 0.05) is 31.4 Å². The second-order valence-corrected chi connectivity index (χ2v) is 6.93. The molecule has 1 N–H and O–H groups in total. The molecular weight excluding hydrogens is 260 g/mol. The predicted octanol–water partition coefficient (Wildman–Crippen LogP) is 2.80. The second kappa shape index (κ2) is 5.98. The summed E-state index contributed by atoms with van der Waals surface area (Å²) in [6.45, 7) is 4.77. The third-order valence-corrected chi connectivity index (χ3v) is 5.62. The van der Waals surface area contributed by atoms with Crippen LogP contribution in [0, 0.1) is 11.8 Å². The van der Waals surface area contributed by atoms with Crippen LogP contribution < -0.4 is 10.2 Å². The second-order valence-electron chi connectivity index (χ2n) is 6.93. The van der Waals surface area contributed by atoms with E-state index in [9.17, 15) is 0 Å². The molecule has 2 aliphatic carbocycles. The molecule has 2 saturated carbocycles. The van der Waals surface area contributed by atoms with Crippen LogP contribution in [0.15, 0.2) is 24.3 Å². The number of hydrogen-bond acceptors (Lipinski definition) is 3. The summed E-state index contributed by atoms with van der Waals surface area (Å²) in [7, 11) is 0. The summed E-state index contributed by atoms with van der Waals surface area (Å²) in [5.74, 6) is 1.99. The highest BCUT2D eigenvalue weighted by atomic mass is 16.5. The molecule has 0 spiro atoms. The van der Waals surface area contributed by atoms with E-state index in [4.69, 9.17) is 4.74 Å². The van der Waals surface area contributed by atoms with Gasteiger partial charge in [0.2, 0.25) is 0 Å². The fraction of sp³-hybridized carbons (Fsp3) is 0.667. The van der Waals surface area contributed by atoms with E-state index in [1.54, 1.807) is 0 Å². The summed E-state index contributed by atoms with van der Waals surface area (Å²) >= 11 is 0. The number of rotatable bonds is 4. The molecule has 3 heteroatoms. The first kappa shape index (κ1) is 13.6. The molecule has 0 amide bonds. The third kappa shape index (κ3) is 2.95. The third-order valence-electron chi connectivity index (χ3n) is 5.62. The Morgan fingerprint density at radius 2 is 1.86 bits per heavy atom. The maximum Gasteiger partial charge on any atom is 0.0642 e. The van der Waals surface area contributed by atoms with E-state index < -0.39 is 0 Å². The standard InChI is InChI=1S/C18H26N2O/c1-4-16-11-15(1)12-18(16)19-13-14-2-5-17(6-3-14)20-7-9-21-10-8-20/h2-3,5-6,15-16,18-19H,1,4,7-13H2. The van der Waals surface area contributed by atoms with Crippen LogP contribution in [0.4, 0.5) is 5.69 Å². The molecule has 1 aromatic carbocycles. The van der Waals surface area contributed by atoms with Gasteiger partial charge in [0.05, 0.1) is 13.2 Å². The maximum atomic E-state index is 5.41. The largest absolute Gasteiger partial charge is 0.378 e. The van der Waals surface area contributed by atoms with Crippen molar-refractivity contribution in [2.45, 2.75) is 38.3 Å². The number of hydrogen-bond donors (Lipinski definition) is 1. The lowest BCUT2D eigenvalue weighted by Crippen LogP contribution is -2.36. The fourth-order valence-electron chi connectivity index (χ4n) is 4.39. The Bertz CT molecular complexity index is 467. The van der Waals surface area contributed by atoms with E-state index in [-0.39, 0.29) is 0 Å². The molecule has 1 saturated heterocycles. The molecule has 21 heavy (non-hydrogen) atoms. The van der Waals surface area contributed by atoms with Crippen LogP contribution in [0.2, 0.25) is 0 Å². The van der Waals surface area contributed by atoms with Gasteiger partial charge in [0.1, 0.15) is 0 Å². The molecule has 1 aromatic rings. The van der Waals surface area contributed by atoms with Crippen LogP contribution in [-0.4, -0.2) is 32.3 Å². The van der Waals surface area contributed by atoms with Crippen LogP contribution in [0.25, 0.3) is 0 Å². The van der Waals surface area contributed by atoms with Crippen molar-refractivity contribution in [2.75, 3.05) is 31.2 Å². The zero-order chi connectivity index (χ0) is 14.1. The minimum Gasteiger partial charge on any atom is -0.378 e. The molecule has 1 heterocycles. The van der Waals surface area contributed by atoms with Gasteiger partial charge in [-0.1, -0.05) is 18.6 Å². The lowest BCUT2D eigenvalue weighted by Gasteiger charge is -2.29. The summed E-state index contributed by atoms with van der Waals surface area (Å²) in [5, 5.41) is 3.79. The van der Waals surface area contributed by atoms with Crippen molar-refractivity contribution in [3.05, 3.63) is 29.8 Å². The fourth-order valence-corrected chi connectivity index (χ4v) is 4.39. The minimum atomic E-state index is 0.780. The van der Waals surface area contributed by atoms with Crippen molar-refractivity contribution in [1.82, 2.24) is 5.32 Å². The topological polar surface area (TPSA) is 24.5 Å². The first-order valence-electron chi connectivity index (χ1n) is 8.53. The Morgan fingerprint density at radius 3 is 2.52 bits per heavy atom. The Kier molecular flexibility index (Phi) is 3.87. The van der Waals surface area contributed by atoms with Gasteiger partial charge in [-0.3, -0.25) is 0 Å². The van der Waals surface area contributed by atoms with Crippen molar-refractivity contribution in [1.29, 1.82) is 0 Å². The Balaban J connectivity index is 1.31. The Morgan fingerprint density at radius 1 is 1.05 bits per heavy atom. The average molecular weight is 286 g/mol. The molecule has 3 nitrogen and oxygen atoms in total. The summed E-state index contributed by atoms with van der Waals surface area (Å²) < 4.78 is 5.41. The monoisotopic (exact) mass is 286 g/mol. The van der Waals surface area contributed by atoms with Gasteiger partial charge in [-0.25, -0.2) is 0 Å². The summed E-state index contributed by atoms with van der Waals surface area (Å²) in [6.07, 6.45) is 5.83. The van der Waals surface area contributed by atoms with Gasteiger partial charge in [-0.15, -0.1) is 0 Å². The first-order valence-corrected chi connectivity index (χ1v) is 8.53. The molecule has 114 valence electrons. The normalized spacial score (nSPS) is 31.8. The smallest absolute Gasteiger partial charge is 0.0642 e. The Hall–Kier alpha value is -1.06. The van der Waals surface area contributed by atoms with E-state index in [1.165, 1.54) is 36.9 Å². The quantitative estimate of drug-likeness (QED) is 0.921. The number of fused-ring (bicyclic) bond motifs is 2. The molecule has 1 aliphatic heterocycles. The SMILES string of the molecule is c1cc(N2CCOCC2)ccc1CNC1CC2CCC1C2. The Labute approximate surface area is 127 Å². The molecule has 4 rings (SSSR count). The lowest BCUT2D eigenvalue weighted by atomic mass is 9.95. The van der Waals surface area contributed by atoms with Crippen molar-refractivity contribution in [2.24, 2.45) is 11.8 Å². The number of benzene rings is 1. The highest BCUT2D eigenvalue weighted by Crippen LogP contribution is 2.44. The van der Waals surface area contributed by atoms with Crippen LogP contribution in [0.5, 0.6) is 0 Å². The van der Waals surface area contributed by atoms with Gasteiger partial charge in [-0.2, -0.15) is 0 Å². The molecule has 0 radical (unpaired) electrons. The summed E-state index contributed by atoms with van der Waals surface area (Å²) in [5.41, 5.74) is 2.75. The van der Waals surface area contributed by atoms with Crippen molar-refractivity contribution in [3.63, 3.8) is 0 Å². The first-order chi connectivity index (χ1) is 10.4. The van der Waals surface area contributed by atoms with Crippen LogP contribution in [0.1, 0.15) is 31.2 Å². The van der Waals surface area contributed by atoms with Crippen LogP contribution in [-0.2, 0) is 11.3 Å². The van der Waals surface area contributed by atoms with E-state index in [0.717, 1.165) is 50.7 Å². The zero-order valence-corrected chi connectivity index (χ0v) is 12.8. The van der Waals surface area contributed by atoms with E-state index in [1.807, 2.05) is 0 Å². The number of morpholine rings is 1. The van der Waals surface area contributed by atoms with Gasteiger partial charge >= 0.3 is 0 Å². The molecule has 3 atom stereocenters. The van der Waals surface area contributed by atoms with Crippen molar-refractivity contribution >= 4 is 5.69 Å². The highest BCUT2D eigenvalue weighted by Gasteiger charge is 2.38. The minimum absolute atomic E-state index is 0.780. The number of anilines is 1. The molecule has 3 fully saturated rings. The predicted molar refractivity (Wildman–Crippen MR) is 85.5 cm³/mol. The molecule has 3 aliphatic rings. The lowest BCUT2D eigenvalue weighted by molar-refractivity contribution is 0.122. The van der Waals surface area contributed by atoms with Crippen LogP contribution >= 0.6 is 0 Å². The number of ether oxygens (including phenoxy) is 1. The highest BCUT2D eigenvalue weighted by molar-refractivity contribution is 5.47. The van der Waals surface area contributed by atoms with Gasteiger partial charge in [0.25, 0.3) is 0 Å². The molecule has 2 bridgehead atoms. The molecule has 3 unspecified atom stereocenters.